The molecule has 0 bridgehead atoms. The van der Waals surface area contributed by atoms with E-state index in [1.165, 1.54) is 12.4 Å². The zero-order valence-electron chi connectivity index (χ0n) is 13.9. The number of hydroxylamine groups is 1. The van der Waals surface area contributed by atoms with Crippen molar-refractivity contribution in [2.45, 2.75) is 37.2 Å². The smallest absolute Gasteiger partial charge is 0.277 e. The zero-order chi connectivity index (χ0) is 19.2. The lowest BCUT2D eigenvalue weighted by molar-refractivity contribution is -0.398. The summed E-state index contributed by atoms with van der Waals surface area (Å²) in [7, 11) is -4.13. The minimum absolute atomic E-state index is 0.0122. The highest BCUT2D eigenvalue weighted by molar-refractivity contribution is 7.89. The molecule has 0 saturated carbocycles. The van der Waals surface area contributed by atoms with Gasteiger partial charge in [-0.3, -0.25) is 14.8 Å². The van der Waals surface area contributed by atoms with Gasteiger partial charge in [0.05, 0.1) is 4.90 Å². The highest BCUT2D eigenvalue weighted by Crippen LogP contribution is 2.15. The summed E-state index contributed by atoms with van der Waals surface area (Å²) >= 11 is 0. The molecule has 1 aromatic carbocycles. The second-order valence-corrected chi connectivity index (χ2v) is 7.26. The number of quaternary nitrogens is 1. The number of benzene rings is 1. The summed E-state index contributed by atoms with van der Waals surface area (Å²) < 4.78 is 40.1. The van der Waals surface area contributed by atoms with E-state index in [9.17, 15) is 22.4 Å². The van der Waals surface area contributed by atoms with E-state index < -0.39 is 33.8 Å². The fourth-order valence-electron chi connectivity index (χ4n) is 1.88. The Kier molecular flexibility index (Phi) is 7.42. The van der Waals surface area contributed by atoms with Gasteiger partial charge < -0.3 is 11.1 Å². The Morgan fingerprint density at radius 3 is 2.48 bits per heavy atom. The minimum atomic E-state index is -4.13. The summed E-state index contributed by atoms with van der Waals surface area (Å²) in [5.74, 6) is -1.91. The number of hydrogen-bond acceptors (Lipinski definition) is 5. The van der Waals surface area contributed by atoms with E-state index in [4.69, 9.17) is 5.21 Å². The number of sulfonamides is 1. The third-order valence-electron chi connectivity index (χ3n) is 3.34. The third kappa shape index (κ3) is 6.05. The van der Waals surface area contributed by atoms with E-state index in [0.717, 1.165) is 18.2 Å². The fraction of sp³-hybridized carbons (Fsp3) is 0.429. The highest BCUT2D eigenvalue weighted by atomic mass is 32.2. The van der Waals surface area contributed by atoms with E-state index in [-0.39, 0.29) is 29.3 Å². The molecule has 140 valence electrons. The molecule has 0 unspecified atom stereocenters. The third-order valence-corrected chi connectivity index (χ3v) is 4.81. The van der Waals surface area contributed by atoms with Gasteiger partial charge in [-0.2, -0.15) is 4.72 Å². The maximum atomic E-state index is 13.3. The van der Waals surface area contributed by atoms with Gasteiger partial charge in [0.25, 0.3) is 11.8 Å². The van der Waals surface area contributed by atoms with Crippen LogP contribution in [0.3, 0.4) is 0 Å². The Labute approximate surface area is 144 Å². The first-order valence-electron chi connectivity index (χ1n) is 7.41. The Balaban J connectivity index is 2.87. The second-order valence-electron chi connectivity index (χ2n) is 5.54. The van der Waals surface area contributed by atoms with E-state index >= 15 is 0 Å². The molecular formula is C14H22FN4O5S+. The first kappa shape index (κ1) is 21.0. The van der Waals surface area contributed by atoms with Crippen molar-refractivity contribution in [3.8, 4) is 0 Å². The standard InChI is InChI=1S/C14H21FN4O5S/c1-8-7-10(3-4-11(8)15)25(23,24)19-12(14(21)18-22)5-6-17-13(20)9(2)16/h3-4,7,9,12,19,22H,5-6,16H2,1-2H3,(H,17,20)(H,18,21)/p+1/t9-,12+/m0/s1. The highest BCUT2D eigenvalue weighted by Gasteiger charge is 2.26. The predicted octanol–water partition coefficient (Wildman–Crippen LogP) is -1.58. The average molecular weight is 377 g/mol. The number of nitrogens with one attached hydrogen (secondary N) is 3. The number of rotatable bonds is 8. The van der Waals surface area contributed by atoms with Crippen molar-refractivity contribution in [2.24, 2.45) is 0 Å². The van der Waals surface area contributed by atoms with Crippen LogP contribution < -0.4 is 21.3 Å². The van der Waals surface area contributed by atoms with Crippen molar-refractivity contribution in [3.63, 3.8) is 0 Å². The van der Waals surface area contributed by atoms with Gasteiger partial charge in [0.15, 0.2) is 6.04 Å². The van der Waals surface area contributed by atoms with Gasteiger partial charge in [-0.15, -0.1) is 0 Å². The number of aryl methyl sites for hydroxylation is 1. The molecule has 1 rings (SSSR count). The molecule has 0 aliphatic carbocycles. The second kappa shape index (κ2) is 8.85. The Morgan fingerprint density at radius 2 is 1.96 bits per heavy atom. The van der Waals surface area contributed by atoms with E-state index in [1.807, 2.05) is 0 Å². The van der Waals surface area contributed by atoms with Crippen molar-refractivity contribution in [1.82, 2.24) is 15.5 Å². The molecule has 7 N–H and O–H groups in total. The topological polar surface area (TPSA) is 152 Å². The van der Waals surface area contributed by atoms with Gasteiger partial charge in [0.2, 0.25) is 10.0 Å². The van der Waals surface area contributed by atoms with Crippen LogP contribution in [-0.2, 0) is 19.6 Å². The number of hydrogen-bond donors (Lipinski definition) is 5. The Bertz CT molecular complexity index is 739. The molecule has 9 nitrogen and oxygen atoms in total. The normalized spacial score (nSPS) is 13.8. The molecule has 2 amide bonds. The summed E-state index contributed by atoms with van der Waals surface area (Å²) in [5, 5.41) is 11.3. The molecule has 11 heteroatoms. The summed E-state index contributed by atoms with van der Waals surface area (Å²) in [6.07, 6.45) is -0.107. The molecule has 0 aliphatic rings. The molecule has 0 aromatic heterocycles. The zero-order valence-corrected chi connectivity index (χ0v) is 14.7. The van der Waals surface area contributed by atoms with Crippen LogP contribution in [0, 0.1) is 12.7 Å². The Hall–Kier alpha value is -2.08. The maximum absolute atomic E-state index is 13.3. The molecule has 0 heterocycles. The lowest BCUT2D eigenvalue weighted by Gasteiger charge is -2.17. The molecule has 0 saturated heterocycles. The van der Waals surface area contributed by atoms with Crippen LogP contribution in [0.25, 0.3) is 0 Å². The van der Waals surface area contributed by atoms with Gasteiger partial charge in [-0.1, -0.05) is 0 Å². The van der Waals surface area contributed by atoms with Crippen molar-refractivity contribution in [2.75, 3.05) is 6.54 Å². The Morgan fingerprint density at radius 1 is 1.32 bits per heavy atom. The molecule has 0 aliphatic heterocycles. The first-order chi connectivity index (χ1) is 11.6. The van der Waals surface area contributed by atoms with E-state index in [1.54, 1.807) is 6.92 Å². The van der Waals surface area contributed by atoms with E-state index in [2.05, 4.69) is 15.8 Å². The van der Waals surface area contributed by atoms with Gasteiger partial charge in [0, 0.05) is 6.54 Å². The molecule has 0 spiro atoms. The van der Waals surface area contributed by atoms with Gasteiger partial charge >= 0.3 is 0 Å². The number of amides is 2. The van der Waals surface area contributed by atoms with Gasteiger partial charge in [-0.25, -0.2) is 18.3 Å². The molecule has 1 aromatic rings. The van der Waals surface area contributed by atoms with Crippen LogP contribution in [0.5, 0.6) is 0 Å². The average Bonchev–Trinajstić information content (AvgIpc) is 2.55. The number of carbonyl (C=O) groups is 2. The summed E-state index contributed by atoms with van der Waals surface area (Å²) in [6.45, 7) is 2.97. The largest absolute Gasteiger partial charge is 0.351 e. The van der Waals surface area contributed by atoms with Gasteiger partial charge in [-0.05, 0) is 44.0 Å². The van der Waals surface area contributed by atoms with Crippen LogP contribution in [0.1, 0.15) is 18.9 Å². The minimum Gasteiger partial charge on any atom is -0.351 e. The lowest BCUT2D eigenvalue weighted by atomic mass is 10.2. The lowest BCUT2D eigenvalue weighted by Crippen LogP contribution is -2.66. The monoisotopic (exact) mass is 377 g/mol. The SMILES string of the molecule is Cc1cc(S(=O)(=O)N[C@H](CCNC(=O)[C@H](C)[NH3+])C(=O)NO)ccc1F. The molecule has 25 heavy (non-hydrogen) atoms. The van der Waals surface area contributed by atoms with Crippen molar-refractivity contribution < 1.29 is 33.3 Å². The van der Waals surface area contributed by atoms with Crippen LogP contribution in [-0.4, -0.2) is 44.1 Å². The fourth-order valence-corrected chi connectivity index (χ4v) is 3.19. The van der Waals surface area contributed by atoms with Crippen molar-refractivity contribution in [3.05, 3.63) is 29.6 Å². The quantitative estimate of drug-likeness (QED) is 0.273. The van der Waals surface area contributed by atoms with Crippen LogP contribution in [0.15, 0.2) is 23.1 Å². The first-order valence-corrected chi connectivity index (χ1v) is 8.90. The van der Waals surface area contributed by atoms with Crippen LogP contribution in [0.2, 0.25) is 0 Å². The van der Waals surface area contributed by atoms with Crippen LogP contribution in [0.4, 0.5) is 4.39 Å². The molecule has 0 fully saturated rings. The maximum Gasteiger partial charge on any atom is 0.277 e. The van der Waals surface area contributed by atoms with E-state index in [0.29, 0.717) is 0 Å². The molecule has 2 atom stereocenters. The summed E-state index contributed by atoms with van der Waals surface area (Å²) in [5.41, 5.74) is 5.03. The molecular weight excluding hydrogens is 355 g/mol. The number of carbonyl (C=O) groups excluding carboxylic acids is 2. The summed E-state index contributed by atoms with van der Waals surface area (Å²) in [4.78, 5) is 22.9. The van der Waals surface area contributed by atoms with Gasteiger partial charge in [0.1, 0.15) is 11.9 Å². The summed E-state index contributed by atoms with van der Waals surface area (Å²) in [6, 6.07) is 1.34. The van der Waals surface area contributed by atoms with Crippen molar-refractivity contribution >= 4 is 21.8 Å². The number of halogens is 1. The predicted molar refractivity (Wildman–Crippen MR) is 85.2 cm³/mol. The molecule has 0 radical (unpaired) electrons. The van der Waals surface area contributed by atoms with Crippen LogP contribution >= 0.6 is 0 Å². The van der Waals surface area contributed by atoms with Crippen molar-refractivity contribution in [1.29, 1.82) is 0 Å².